The minimum absolute atomic E-state index is 0.0306. The van der Waals surface area contributed by atoms with Crippen molar-refractivity contribution in [1.29, 1.82) is 0 Å². The van der Waals surface area contributed by atoms with Gasteiger partial charge in [-0.1, -0.05) is 45.4 Å². The summed E-state index contributed by atoms with van der Waals surface area (Å²) in [6, 6.07) is 0. The van der Waals surface area contributed by atoms with Gasteiger partial charge in [0.05, 0.1) is 0 Å². The molecule has 16 heavy (non-hydrogen) atoms. The number of rotatable bonds is 3. The maximum atomic E-state index is 11.6. The van der Waals surface area contributed by atoms with Crippen LogP contribution < -0.4 is 0 Å². The second kappa shape index (κ2) is 8.60. The van der Waals surface area contributed by atoms with Crippen molar-refractivity contribution in [3.63, 3.8) is 0 Å². The molecule has 0 aromatic carbocycles. The van der Waals surface area contributed by atoms with E-state index in [-0.39, 0.29) is 12.1 Å². The third kappa shape index (κ3) is 6.14. The highest BCUT2D eigenvalue weighted by molar-refractivity contribution is 5.69. The van der Waals surface area contributed by atoms with Crippen LogP contribution in [0.4, 0.5) is 0 Å². The van der Waals surface area contributed by atoms with Crippen LogP contribution >= 0.6 is 0 Å². The molecule has 1 rings (SSSR count). The van der Waals surface area contributed by atoms with Crippen molar-refractivity contribution in [3.05, 3.63) is 0 Å². The molecule has 1 aliphatic heterocycles. The van der Waals surface area contributed by atoms with E-state index in [1.165, 1.54) is 44.9 Å². The summed E-state index contributed by atoms with van der Waals surface area (Å²) in [6.07, 6.45) is 12.7. The highest BCUT2D eigenvalue weighted by atomic mass is 16.5. The fourth-order valence-corrected chi connectivity index (χ4v) is 2.29. The lowest BCUT2D eigenvalue weighted by Crippen LogP contribution is -2.18. The maximum absolute atomic E-state index is 11.6. The summed E-state index contributed by atoms with van der Waals surface area (Å²) in [7, 11) is 0. The van der Waals surface area contributed by atoms with Gasteiger partial charge < -0.3 is 4.74 Å². The van der Waals surface area contributed by atoms with Crippen molar-refractivity contribution in [2.75, 3.05) is 0 Å². The third-order valence-electron chi connectivity index (χ3n) is 3.33. The molecular formula is C14H26O2. The average molecular weight is 226 g/mol. The molecule has 0 aliphatic carbocycles. The number of carbonyl (C=O) groups is 1. The van der Waals surface area contributed by atoms with Gasteiger partial charge in [-0.2, -0.15) is 0 Å². The predicted molar refractivity (Wildman–Crippen MR) is 66.3 cm³/mol. The third-order valence-corrected chi connectivity index (χ3v) is 3.33. The lowest BCUT2D eigenvalue weighted by atomic mass is 10.0. The van der Waals surface area contributed by atoms with Crippen molar-refractivity contribution in [2.24, 2.45) is 0 Å². The molecule has 0 aromatic rings. The van der Waals surface area contributed by atoms with Crippen molar-refractivity contribution < 1.29 is 9.53 Å². The first-order chi connectivity index (χ1) is 7.83. The molecule has 1 atom stereocenters. The summed E-state index contributed by atoms with van der Waals surface area (Å²) in [6.45, 7) is 2.19. The Hall–Kier alpha value is -0.530. The first kappa shape index (κ1) is 13.5. The molecule has 1 heterocycles. The molecule has 1 fully saturated rings. The Morgan fingerprint density at radius 3 is 2.56 bits per heavy atom. The number of ether oxygens (including phenoxy) is 1. The molecule has 1 saturated heterocycles. The highest BCUT2D eigenvalue weighted by Gasteiger charge is 2.14. The second-order valence-electron chi connectivity index (χ2n) is 4.91. The second-order valence-corrected chi connectivity index (χ2v) is 4.91. The fraction of sp³-hybridized carbons (Fsp3) is 0.929. The van der Waals surface area contributed by atoms with Crippen LogP contribution in [-0.2, 0) is 9.53 Å². The topological polar surface area (TPSA) is 26.3 Å². The van der Waals surface area contributed by atoms with Crippen molar-refractivity contribution in [1.82, 2.24) is 0 Å². The van der Waals surface area contributed by atoms with E-state index in [2.05, 4.69) is 6.92 Å². The lowest BCUT2D eigenvalue weighted by molar-refractivity contribution is -0.149. The fourth-order valence-electron chi connectivity index (χ4n) is 2.29. The summed E-state index contributed by atoms with van der Waals surface area (Å²) in [4.78, 5) is 11.6. The van der Waals surface area contributed by atoms with Gasteiger partial charge in [0.1, 0.15) is 6.10 Å². The van der Waals surface area contributed by atoms with Gasteiger partial charge in [0.2, 0.25) is 0 Å². The number of hydrogen-bond acceptors (Lipinski definition) is 2. The average Bonchev–Trinajstić information content (AvgIpc) is 2.32. The molecule has 2 nitrogen and oxygen atoms in total. The zero-order chi connectivity index (χ0) is 11.6. The van der Waals surface area contributed by atoms with Crippen LogP contribution in [0.15, 0.2) is 0 Å². The van der Waals surface area contributed by atoms with Crippen molar-refractivity contribution >= 4 is 5.97 Å². The minimum Gasteiger partial charge on any atom is -0.462 e. The molecule has 0 spiro atoms. The molecule has 0 N–H and O–H groups in total. The number of carbonyl (C=O) groups excluding carboxylic acids is 1. The van der Waals surface area contributed by atoms with E-state index in [9.17, 15) is 4.79 Å². The van der Waals surface area contributed by atoms with Gasteiger partial charge in [-0.15, -0.1) is 0 Å². The van der Waals surface area contributed by atoms with Gasteiger partial charge in [0, 0.05) is 6.42 Å². The molecule has 94 valence electrons. The highest BCUT2D eigenvalue weighted by Crippen LogP contribution is 2.18. The van der Waals surface area contributed by atoms with E-state index in [4.69, 9.17) is 4.74 Å². The predicted octanol–water partition coefficient (Wildman–Crippen LogP) is 4.22. The number of hydrogen-bond donors (Lipinski definition) is 0. The van der Waals surface area contributed by atoms with Gasteiger partial charge in [0.15, 0.2) is 0 Å². The van der Waals surface area contributed by atoms with Gasteiger partial charge in [0.25, 0.3) is 0 Å². The first-order valence-corrected chi connectivity index (χ1v) is 7.02. The quantitative estimate of drug-likeness (QED) is 0.673. The molecule has 0 radical (unpaired) electrons. The number of esters is 1. The summed E-state index contributed by atoms with van der Waals surface area (Å²) in [5.41, 5.74) is 0. The number of cyclic esters (lactones) is 1. The largest absolute Gasteiger partial charge is 0.462 e. The molecule has 0 amide bonds. The molecule has 2 heteroatoms. The summed E-state index contributed by atoms with van der Waals surface area (Å²) < 4.78 is 5.55. The maximum Gasteiger partial charge on any atom is 0.306 e. The zero-order valence-electron chi connectivity index (χ0n) is 10.7. The van der Waals surface area contributed by atoms with E-state index in [0.29, 0.717) is 6.42 Å². The van der Waals surface area contributed by atoms with E-state index in [1.54, 1.807) is 0 Å². The van der Waals surface area contributed by atoms with Gasteiger partial charge in [-0.3, -0.25) is 4.79 Å². The Labute approximate surface area is 99.8 Å². The van der Waals surface area contributed by atoms with Crippen LogP contribution in [0.5, 0.6) is 0 Å². The standard InChI is InChI=1S/C14H26O2/c1-2-3-10-13-11-8-6-4-5-7-9-12-14(15)16-13/h13H,2-12H2,1H3. The molecular weight excluding hydrogens is 200 g/mol. The normalized spacial score (nSPS) is 24.6. The van der Waals surface area contributed by atoms with Crippen molar-refractivity contribution in [3.8, 4) is 0 Å². The van der Waals surface area contributed by atoms with Gasteiger partial charge in [-0.25, -0.2) is 0 Å². The molecule has 0 bridgehead atoms. The SMILES string of the molecule is CCCCC1CCCCCCCCC(=O)O1. The molecule has 1 aliphatic rings. The minimum atomic E-state index is 0.0306. The van der Waals surface area contributed by atoms with Crippen LogP contribution in [-0.4, -0.2) is 12.1 Å². The van der Waals surface area contributed by atoms with E-state index < -0.39 is 0 Å². The van der Waals surface area contributed by atoms with Gasteiger partial charge in [-0.05, 0) is 25.7 Å². The number of unbranched alkanes of at least 4 members (excludes halogenated alkanes) is 1. The Morgan fingerprint density at radius 2 is 1.81 bits per heavy atom. The molecule has 1 unspecified atom stereocenters. The van der Waals surface area contributed by atoms with Crippen molar-refractivity contribution in [2.45, 2.75) is 83.7 Å². The van der Waals surface area contributed by atoms with Crippen LogP contribution in [0.1, 0.15) is 77.6 Å². The Balaban J connectivity index is 2.35. The molecule has 0 saturated carbocycles. The Bertz CT molecular complexity index is 189. The first-order valence-electron chi connectivity index (χ1n) is 7.02. The van der Waals surface area contributed by atoms with Crippen LogP contribution in [0.2, 0.25) is 0 Å². The van der Waals surface area contributed by atoms with E-state index in [1.807, 2.05) is 0 Å². The summed E-state index contributed by atoms with van der Waals surface area (Å²) in [5.74, 6) is 0.0306. The van der Waals surface area contributed by atoms with Gasteiger partial charge >= 0.3 is 5.97 Å². The summed E-state index contributed by atoms with van der Waals surface area (Å²) in [5, 5.41) is 0. The molecule has 0 aromatic heterocycles. The zero-order valence-corrected chi connectivity index (χ0v) is 10.7. The van der Waals surface area contributed by atoms with E-state index >= 15 is 0 Å². The van der Waals surface area contributed by atoms with Crippen LogP contribution in [0.3, 0.4) is 0 Å². The van der Waals surface area contributed by atoms with Crippen LogP contribution in [0.25, 0.3) is 0 Å². The Kier molecular flexibility index (Phi) is 7.28. The van der Waals surface area contributed by atoms with Crippen LogP contribution in [0, 0.1) is 0 Å². The summed E-state index contributed by atoms with van der Waals surface area (Å²) >= 11 is 0. The smallest absolute Gasteiger partial charge is 0.306 e. The lowest BCUT2D eigenvalue weighted by Gasteiger charge is -2.17. The van der Waals surface area contributed by atoms with E-state index in [0.717, 1.165) is 19.3 Å². The monoisotopic (exact) mass is 226 g/mol. The Morgan fingerprint density at radius 1 is 1.12 bits per heavy atom.